The quantitative estimate of drug-likeness (QED) is 0.418. The molecule has 82 valence electrons. The number of carbonyl (C=O) groups is 1. The summed E-state index contributed by atoms with van der Waals surface area (Å²) in [6, 6.07) is 0. The van der Waals surface area contributed by atoms with E-state index in [0.29, 0.717) is 0 Å². The molecule has 0 amide bonds. The molecular formula is C6H7FN4O3S. The van der Waals surface area contributed by atoms with E-state index in [2.05, 4.69) is 19.4 Å². The Bertz CT molecular complexity index is 380. The van der Waals surface area contributed by atoms with Crippen LogP contribution in [0.15, 0.2) is 5.16 Å². The van der Waals surface area contributed by atoms with Crippen molar-refractivity contribution in [2.45, 2.75) is 0 Å². The summed E-state index contributed by atoms with van der Waals surface area (Å²) < 4.78 is 15.3. The maximum atomic E-state index is 11.7. The summed E-state index contributed by atoms with van der Waals surface area (Å²) >= 11 is 0.832. The number of oxime groups is 1. The van der Waals surface area contributed by atoms with Crippen LogP contribution in [0.1, 0.15) is 5.82 Å². The summed E-state index contributed by atoms with van der Waals surface area (Å²) in [6.45, 7) is -1.08. The number of nitrogen functional groups attached to an aromatic ring is 1. The van der Waals surface area contributed by atoms with E-state index >= 15 is 0 Å². The maximum absolute atomic E-state index is 11.7. The van der Waals surface area contributed by atoms with Crippen LogP contribution in [-0.4, -0.2) is 39.4 Å². The van der Waals surface area contributed by atoms with Crippen molar-refractivity contribution in [1.29, 1.82) is 0 Å². The molecule has 0 saturated heterocycles. The highest BCUT2D eigenvalue weighted by Crippen LogP contribution is 2.07. The molecule has 0 saturated carbocycles. The summed E-state index contributed by atoms with van der Waals surface area (Å²) in [6.07, 6.45) is 0. The molecule has 0 bridgehead atoms. The second-order valence-corrected chi connectivity index (χ2v) is 3.01. The number of carboxylic acid groups (broad SMARTS) is 1. The van der Waals surface area contributed by atoms with E-state index in [1.54, 1.807) is 0 Å². The Labute approximate surface area is 87.5 Å². The monoisotopic (exact) mass is 234 g/mol. The molecule has 1 aromatic rings. The lowest BCUT2D eigenvalue weighted by Crippen LogP contribution is -2.17. The fourth-order valence-corrected chi connectivity index (χ4v) is 1.09. The van der Waals surface area contributed by atoms with Crippen molar-refractivity contribution in [1.82, 2.24) is 9.36 Å². The summed E-state index contributed by atoms with van der Waals surface area (Å²) in [7, 11) is 0. The summed E-state index contributed by atoms with van der Waals surface area (Å²) in [5, 5.41) is 12.0. The zero-order chi connectivity index (χ0) is 11.3. The number of alkyl halides is 1. The molecule has 0 unspecified atom stereocenters. The Morgan fingerprint density at radius 2 is 2.47 bits per heavy atom. The number of carboxylic acids is 1. The van der Waals surface area contributed by atoms with Gasteiger partial charge in [0, 0.05) is 11.5 Å². The number of rotatable bonds is 5. The van der Waals surface area contributed by atoms with Gasteiger partial charge >= 0.3 is 5.97 Å². The van der Waals surface area contributed by atoms with Crippen molar-refractivity contribution in [3.8, 4) is 0 Å². The number of anilines is 1. The van der Waals surface area contributed by atoms with Gasteiger partial charge in [-0.1, -0.05) is 5.16 Å². The van der Waals surface area contributed by atoms with Crippen LogP contribution in [-0.2, 0) is 9.63 Å². The Hall–Kier alpha value is -1.77. The molecule has 0 aliphatic heterocycles. The van der Waals surface area contributed by atoms with Gasteiger partial charge in [-0.05, 0) is 0 Å². The predicted octanol–water partition coefficient (Wildman–Crippen LogP) is -0.105. The van der Waals surface area contributed by atoms with Crippen LogP contribution in [0.4, 0.5) is 9.52 Å². The molecular weight excluding hydrogens is 227 g/mol. The molecule has 0 aliphatic rings. The number of hydrogen-bond acceptors (Lipinski definition) is 7. The van der Waals surface area contributed by atoms with Crippen molar-refractivity contribution in [2.75, 3.05) is 19.0 Å². The van der Waals surface area contributed by atoms with Crippen LogP contribution in [0, 0.1) is 0 Å². The minimum absolute atomic E-state index is 0.115. The van der Waals surface area contributed by atoms with Crippen LogP contribution in [0.2, 0.25) is 0 Å². The molecule has 0 aromatic carbocycles. The molecule has 1 heterocycles. The number of hydrogen-bond donors (Lipinski definition) is 2. The smallest absolute Gasteiger partial charge is 0.362 e. The van der Waals surface area contributed by atoms with Gasteiger partial charge in [0.05, 0.1) is 0 Å². The van der Waals surface area contributed by atoms with E-state index in [1.165, 1.54) is 0 Å². The lowest BCUT2D eigenvalue weighted by molar-refractivity contribution is -0.129. The number of halogens is 1. The van der Waals surface area contributed by atoms with Gasteiger partial charge in [0.1, 0.15) is 13.3 Å². The van der Waals surface area contributed by atoms with Gasteiger partial charge in [-0.3, -0.25) is 0 Å². The fraction of sp³-hybridized carbons (Fsp3) is 0.333. The highest BCUT2D eigenvalue weighted by molar-refractivity contribution is 7.09. The van der Waals surface area contributed by atoms with Crippen LogP contribution in [0.3, 0.4) is 0 Å². The molecule has 0 radical (unpaired) electrons. The van der Waals surface area contributed by atoms with Crippen LogP contribution >= 0.6 is 11.5 Å². The number of aliphatic carboxylic acids is 1. The second-order valence-electron chi connectivity index (χ2n) is 2.22. The van der Waals surface area contributed by atoms with Crippen molar-refractivity contribution >= 4 is 28.3 Å². The van der Waals surface area contributed by atoms with Gasteiger partial charge in [0.25, 0.3) is 0 Å². The van der Waals surface area contributed by atoms with Crippen molar-refractivity contribution < 1.29 is 19.1 Å². The molecule has 0 aliphatic carbocycles. The Morgan fingerprint density at radius 3 is 2.93 bits per heavy atom. The number of aromatic nitrogens is 2. The van der Waals surface area contributed by atoms with E-state index in [1.807, 2.05) is 0 Å². The van der Waals surface area contributed by atoms with E-state index < -0.39 is 18.4 Å². The largest absolute Gasteiger partial charge is 0.476 e. The van der Waals surface area contributed by atoms with Gasteiger partial charge in [-0.25, -0.2) is 9.18 Å². The first kappa shape index (κ1) is 11.3. The van der Waals surface area contributed by atoms with Gasteiger partial charge in [0.15, 0.2) is 5.13 Å². The molecule has 15 heavy (non-hydrogen) atoms. The molecule has 1 rings (SSSR count). The Morgan fingerprint density at radius 1 is 1.73 bits per heavy atom. The van der Waals surface area contributed by atoms with Crippen LogP contribution < -0.4 is 5.73 Å². The maximum Gasteiger partial charge on any atom is 0.362 e. The zero-order valence-electron chi connectivity index (χ0n) is 7.38. The first-order valence-corrected chi connectivity index (χ1v) is 4.51. The highest BCUT2D eigenvalue weighted by Gasteiger charge is 2.18. The standard InChI is InChI=1S/C6H7FN4O3S/c7-1-2-14-10-3(5(12)13)4-9-6(8)15-11-4/h1-2H2,(H,12,13)(H2,8,9,11)/b10-3-. The first-order valence-electron chi connectivity index (χ1n) is 3.74. The molecule has 3 N–H and O–H groups in total. The SMILES string of the molecule is Nc1nc(/C(=N/OCCF)C(=O)O)ns1. The van der Waals surface area contributed by atoms with Crippen LogP contribution in [0.5, 0.6) is 0 Å². The lowest BCUT2D eigenvalue weighted by atomic mass is 10.4. The third-order valence-electron chi connectivity index (χ3n) is 1.18. The first-order chi connectivity index (χ1) is 7.15. The normalized spacial score (nSPS) is 11.4. The number of nitrogens with two attached hydrogens (primary N) is 1. The minimum atomic E-state index is -1.37. The zero-order valence-corrected chi connectivity index (χ0v) is 8.20. The van der Waals surface area contributed by atoms with Gasteiger partial charge in [0.2, 0.25) is 11.5 Å². The third kappa shape index (κ3) is 3.13. The molecule has 7 nitrogen and oxygen atoms in total. The average molecular weight is 234 g/mol. The van der Waals surface area contributed by atoms with Gasteiger partial charge in [-0.15, -0.1) is 0 Å². The predicted molar refractivity (Wildman–Crippen MR) is 50.4 cm³/mol. The van der Waals surface area contributed by atoms with Gasteiger partial charge in [-0.2, -0.15) is 9.36 Å². The molecule has 0 spiro atoms. The van der Waals surface area contributed by atoms with Crippen LogP contribution in [0.25, 0.3) is 0 Å². The van der Waals surface area contributed by atoms with E-state index in [-0.39, 0.29) is 17.6 Å². The van der Waals surface area contributed by atoms with E-state index in [4.69, 9.17) is 10.8 Å². The highest BCUT2D eigenvalue weighted by atomic mass is 32.1. The summed E-state index contributed by atoms with van der Waals surface area (Å²) in [5.74, 6) is -1.52. The topological polar surface area (TPSA) is 111 Å². The second kappa shape index (κ2) is 5.20. The Kier molecular flexibility index (Phi) is 3.92. The number of nitrogens with zero attached hydrogens (tertiary/aromatic N) is 3. The molecule has 0 atom stereocenters. The molecule has 1 aromatic heterocycles. The fourth-order valence-electron chi connectivity index (χ4n) is 0.652. The molecule has 0 fully saturated rings. The average Bonchev–Trinajstić information content (AvgIpc) is 2.59. The summed E-state index contributed by atoms with van der Waals surface area (Å²) in [5.41, 5.74) is 4.76. The lowest BCUT2D eigenvalue weighted by Gasteiger charge is -1.96. The van der Waals surface area contributed by atoms with E-state index in [9.17, 15) is 9.18 Å². The minimum Gasteiger partial charge on any atom is -0.476 e. The van der Waals surface area contributed by atoms with Crippen molar-refractivity contribution in [2.24, 2.45) is 5.16 Å². The van der Waals surface area contributed by atoms with Crippen molar-refractivity contribution in [3.05, 3.63) is 5.82 Å². The van der Waals surface area contributed by atoms with E-state index in [0.717, 1.165) is 11.5 Å². The van der Waals surface area contributed by atoms with Crippen molar-refractivity contribution in [3.63, 3.8) is 0 Å². The molecule has 9 heteroatoms. The Balaban J connectivity index is 2.83. The van der Waals surface area contributed by atoms with Gasteiger partial charge < -0.3 is 15.7 Å². The third-order valence-corrected chi connectivity index (χ3v) is 1.72. The summed E-state index contributed by atoms with van der Waals surface area (Å²) in [4.78, 5) is 18.7.